The minimum Gasteiger partial charge on any atom is -0.331 e. The smallest absolute Gasteiger partial charge is 0.191 e. The standard InChI is InChI=1S/C14H15N5S/c1-10-5-3-4-6-12(10)17-14(20)19-18-11(2)13-9-15-7-8-16-13/h3-9H,1-2H3,(H2,17,19,20)/b18-11-. The van der Waals surface area contributed by atoms with Crippen molar-refractivity contribution < 1.29 is 0 Å². The number of benzene rings is 1. The van der Waals surface area contributed by atoms with Gasteiger partial charge in [-0.15, -0.1) is 0 Å². The number of aromatic nitrogens is 2. The molecule has 0 aliphatic heterocycles. The van der Waals surface area contributed by atoms with Gasteiger partial charge >= 0.3 is 0 Å². The van der Waals surface area contributed by atoms with Crippen LogP contribution < -0.4 is 10.7 Å². The molecular formula is C14H15N5S. The van der Waals surface area contributed by atoms with Gasteiger partial charge in [-0.05, 0) is 37.7 Å². The van der Waals surface area contributed by atoms with Crippen molar-refractivity contribution in [2.45, 2.75) is 13.8 Å². The third kappa shape index (κ3) is 3.83. The molecule has 0 fully saturated rings. The van der Waals surface area contributed by atoms with Gasteiger partial charge in [0.1, 0.15) is 5.69 Å². The van der Waals surface area contributed by atoms with Crippen LogP contribution in [0.5, 0.6) is 0 Å². The number of nitrogens with one attached hydrogen (secondary N) is 2. The summed E-state index contributed by atoms with van der Waals surface area (Å²) in [6.45, 7) is 3.85. The van der Waals surface area contributed by atoms with E-state index in [2.05, 4.69) is 25.8 Å². The molecule has 1 aromatic carbocycles. The molecule has 0 bridgehead atoms. The van der Waals surface area contributed by atoms with Gasteiger partial charge in [0.25, 0.3) is 0 Å². The van der Waals surface area contributed by atoms with Crippen LogP contribution in [0.15, 0.2) is 48.0 Å². The Kier molecular flexibility index (Phi) is 4.73. The molecular weight excluding hydrogens is 270 g/mol. The Morgan fingerprint density at radius 1 is 1.25 bits per heavy atom. The summed E-state index contributed by atoms with van der Waals surface area (Å²) >= 11 is 5.20. The maximum Gasteiger partial charge on any atom is 0.191 e. The van der Waals surface area contributed by atoms with Crippen molar-refractivity contribution in [2.24, 2.45) is 5.10 Å². The van der Waals surface area contributed by atoms with E-state index in [0.717, 1.165) is 11.3 Å². The van der Waals surface area contributed by atoms with Crippen molar-refractivity contribution in [2.75, 3.05) is 5.32 Å². The first kappa shape index (κ1) is 14.1. The Morgan fingerprint density at radius 2 is 2.05 bits per heavy atom. The van der Waals surface area contributed by atoms with Gasteiger partial charge < -0.3 is 5.32 Å². The van der Waals surface area contributed by atoms with Crippen molar-refractivity contribution in [1.82, 2.24) is 15.4 Å². The second-order valence-electron chi connectivity index (χ2n) is 4.17. The van der Waals surface area contributed by atoms with E-state index in [0.29, 0.717) is 16.5 Å². The second-order valence-corrected chi connectivity index (χ2v) is 4.58. The molecule has 20 heavy (non-hydrogen) atoms. The molecule has 0 amide bonds. The van der Waals surface area contributed by atoms with E-state index in [4.69, 9.17) is 12.2 Å². The number of thiocarbonyl (C=S) groups is 1. The Morgan fingerprint density at radius 3 is 2.75 bits per heavy atom. The number of rotatable bonds is 3. The third-order valence-electron chi connectivity index (χ3n) is 2.65. The Labute approximate surface area is 123 Å². The molecule has 1 aromatic heterocycles. The van der Waals surface area contributed by atoms with Gasteiger partial charge in [0.2, 0.25) is 0 Å². The first-order chi connectivity index (χ1) is 9.66. The van der Waals surface area contributed by atoms with Gasteiger partial charge in [0, 0.05) is 18.1 Å². The Bertz CT molecular complexity index is 624. The molecule has 0 aliphatic rings. The van der Waals surface area contributed by atoms with E-state index in [1.165, 1.54) is 0 Å². The molecule has 2 N–H and O–H groups in total. The minimum absolute atomic E-state index is 0.433. The maximum absolute atomic E-state index is 5.20. The summed E-state index contributed by atoms with van der Waals surface area (Å²) in [6, 6.07) is 7.90. The van der Waals surface area contributed by atoms with E-state index in [1.54, 1.807) is 18.6 Å². The summed E-state index contributed by atoms with van der Waals surface area (Å²) in [6.07, 6.45) is 4.89. The monoisotopic (exact) mass is 285 g/mol. The molecule has 0 unspecified atom stereocenters. The molecule has 0 saturated heterocycles. The number of aryl methyl sites for hydroxylation is 1. The SMILES string of the molecule is C/C(=N/NC(=S)Nc1ccccc1C)c1cnccn1. The number of hydrogen-bond donors (Lipinski definition) is 2. The highest BCUT2D eigenvalue weighted by molar-refractivity contribution is 7.80. The lowest BCUT2D eigenvalue weighted by molar-refractivity contribution is 1.03. The summed E-state index contributed by atoms with van der Waals surface area (Å²) in [5.41, 5.74) is 6.29. The molecule has 0 aliphatic carbocycles. The zero-order valence-corrected chi connectivity index (χ0v) is 12.1. The zero-order valence-electron chi connectivity index (χ0n) is 11.3. The zero-order chi connectivity index (χ0) is 14.4. The highest BCUT2D eigenvalue weighted by Crippen LogP contribution is 2.12. The minimum atomic E-state index is 0.433. The van der Waals surface area contributed by atoms with Gasteiger partial charge in [-0.1, -0.05) is 18.2 Å². The molecule has 0 radical (unpaired) electrons. The predicted molar refractivity (Wildman–Crippen MR) is 84.8 cm³/mol. The molecule has 102 valence electrons. The Balaban J connectivity index is 1.97. The fourth-order valence-electron chi connectivity index (χ4n) is 1.54. The van der Waals surface area contributed by atoms with Crippen LogP contribution in [-0.4, -0.2) is 20.8 Å². The molecule has 2 rings (SSSR count). The van der Waals surface area contributed by atoms with Gasteiger partial charge in [-0.2, -0.15) is 5.10 Å². The van der Waals surface area contributed by atoms with E-state index in [9.17, 15) is 0 Å². The molecule has 1 heterocycles. The van der Waals surface area contributed by atoms with Gasteiger partial charge in [0.05, 0.1) is 11.9 Å². The van der Waals surface area contributed by atoms with Crippen LogP contribution in [0.25, 0.3) is 0 Å². The number of nitrogens with zero attached hydrogens (tertiary/aromatic N) is 3. The largest absolute Gasteiger partial charge is 0.331 e. The second kappa shape index (κ2) is 6.72. The van der Waals surface area contributed by atoms with E-state index >= 15 is 0 Å². The van der Waals surface area contributed by atoms with Crippen LogP contribution in [0.2, 0.25) is 0 Å². The van der Waals surface area contributed by atoms with E-state index in [1.807, 2.05) is 38.1 Å². The third-order valence-corrected chi connectivity index (χ3v) is 2.85. The van der Waals surface area contributed by atoms with Crippen molar-refractivity contribution in [3.63, 3.8) is 0 Å². The lowest BCUT2D eigenvalue weighted by atomic mass is 10.2. The first-order valence-corrected chi connectivity index (χ1v) is 6.51. The quantitative estimate of drug-likeness (QED) is 0.515. The van der Waals surface area contributed by atoms with E-state index in [-0.39, 0.29) is 0 Å². The average molecular weight is 285 g/mol. The van der Waals surface area contributed by atoms with Crippen LogP contribution in [0.1, 0.15) is 18.2 Å². The highest BCUT2D eigenvalue weighted by atomic mass is 32.1. The summed E-state index contributed by atoms with van der Waals surface area (Å²) in [5.74, 6) is 0. The van der Waals surface area contributed by atoms with E-state index < -0.39 is 0 Å². The van der Waals surface area contributed by atoms with Gasteiger partial charge in [0.15, 0.2) is 5.11 Å². The van der Waals surface area contributed by atoms with Crippen molar-refractivity contribution in [3.05, 3.63) is 54.1 Å². The molecule has 0 spiro atoms. The summed E-state index contributed by atoms with van der Waals surface area (Å²) in [4.78, 5) is 8.15. The molecule has 6 heteroatoms. The predicted octanol–water partition coefficient (Wildman–Crippen LogP) is 2.50. The molecule has 0 saturated carbocycles. The normalized spacial score (nSPS) is 11.0. The number of hydrogen-bond acceptors (Lipinski definition) is 4. The number of para-hydroxylation sites is 1. The first-order valence-electron chi connectivity index (χ1n) is 6.10. The van der Waals surface area contributed by atoms with Crippen molar-refractivity contribution in [1.29, 1.82) is 0 Å². The van der Waals surface area contributed by atoms with Gasteiger partial charge in [-0.3, -0.25) is 15.4 Å². The van der Waals surface area contributed by atoms with Crippen LogP contribution in [-0.2, 0) is 0 Å². The van der Waals surface area contributed by atoms with Crippen LogP contribution >= 0.6 is 12.2 Å². The lowest BCUT2D eigenvalue weighted by Crippen LogP contribution is -2.25. The Hall–Kier alpha value is -2.34. The maximum atomic E-state index is 5.20. The molecule has 5 nitrogen and oxygen atoms in total. The van der Waals surface area contributed by atoms with Gasteiger partial charge in [-0.25, -0.2) is 0 Å². The topological polar surface area (TPSA) is 62.2 Å². The molecule has 2 aromatic rings. The van der Waals surface area contributed by atoms with Crippen LogP contribution in [0.4, 0.5) is 5.69 Å². The summed E-state index contributed by atoms with van der Waals surface area (Å²) < 4.78 is 0. The summed E-state index contributed by atoms with van der Waals surface area (Å²) in [7, 11) is 0. The van der Waals surface area contributed by atoms with Crippen LogP contribution in [0.3, 0.4) is 0 Å². The van der Waals surface area contributed by atoms with Crippen molar-refractivity contribution in [3.8, 4) is 0 Å². The fourth-order valence-corrected chi connectivity index (χ4v) is 1.70. The highest BCUT2D eigenvalue weighted by Gasteiger charge is 2.01. The summed E-state index contributed by atoms with van der Waals surface area (Å²) in [5, 5.41) is 7.71. The molecule has 0 atom stereocenters. The van der Waals surface area contributed by atoms with Crippen molar-refractivity contribution >= 4 is 28.7 Å². The number of anilines is 1. The van der Waals surface area contributed by atoms with Crippen LogP contribution in [0, 0.1) is 6.92 Å². The average Bonchev–Trinajstić information content (AvgIpc) is 2.48. The number of hydrazone groups is 1. The fraction of sp³-hybridized carbons (Fsp3) is 0.143. The lowest BCUT2D eigenvalue weighted by Gasteiger charge is -2.10.